The van der Waals surface area contributed by atoms with Gasteiger partial charge < -0.3 is 4.74 Å². The zero-order valence-corrected chi connectivity index (χ0v) is 17.7. The fraction of sp³-hybridized carbons (Fsp3) is 0.208. The number of unbranched alkanes of at least 4 members (excludes halogenated alkanes) is 1. The van der Waals surface area contributed by atoms with E-state index in [0.717, 1.165) is 28.0 Å². The first-order valence-electron chi connectivity index (χ1n) is 9.73. The van der Waals surface area contributed by atoms with Crippen LogP contribution in [0.4, 0.5) is 0 Å². The highest BCUT2D eigenvalue weighted by atomic mass is 32.1. The van der Waals surface area contributed by atoms with Gasteiger partial charge in [0, 0.05) is 29.5 Å². The van der Waals surface area contributed by atoms with E-state index in [2.05, 4.69) is 6.07 Å². The van der Waals surface area contributed by atoms with Gasteiger partial charge in [-0.25, -0.2) is 4.98 Å². The molecule has 0 fully saturated rings. The Morgan fingerprint density at radius 2 is 1.97 bits per heavy atom. The summed E-state index contributed by atoms with van der Waals surface area (Å²) in [5, 5.41) is 11.5. The van der Waals surface area contributed by atoms with Crippen LogP contribution in [0.1, 0.15) is 18.4 Å². The smallest absolute Gasteiger partial charge is 0.263 e. The lowest BCUT2D eigenvalue weighted by molar-refractivity contribution is 0.415. The molecule has 0 aliphatic carbocycles. The van der Waals surface area contributed by atoms with Crippen LogP contribution in [0.5, 0.6) is 5.75 Å². The molecule has 0 radical (unpaired) electrons. The van der Waals surface area contributed by atoms with E-state index in [9.17, 15) is 4.79 Å². The number of nitrogens with zero attached hydrogens (tertiary/aromatic N) is 3. The van der Waals surface area contributed by atoms with Crippen LogP contribution in [0.25, 0.3) is 32.7 Å². The Morgan fingerprint density at radius 1 is 1.17 bits per heavy atom. The topological polar surface area (TPSA) is 67.9 Å². The Hall–Kier alpha value is -3.43. The molecule has 0 saturated carbocycles. The Morgan fingerprint density at radius 3 is 2.73 bits per heavy atom. The molecule has 0 bridgehead atoms. The first kappa shape index (κ1) is 19.9. The standard InChI is InChI=1S/C24H21N3O2S/c1-16-7-5-9-18(13-16)22-26-23-21(24(28)27(22)12-4-3-11-25)20(15-30-23)17-8-6-10-19(14-17)29-2/h5-10,13-15H,3-4,12H2,1-2H3. The number of aryl methyl sites for hydroxylation is 1. The van der Waals surface area contributed by atoms with Gasteiger partial charge in [0.05, 0.1) is 18.6 Å². The number of aromatic nitrogens is 2. The third kappa shape index (κ3) is 3.72. The van der Waals surface area contributed by atoms with Crippen LogP contribution in [0, 0.1) is 18.3 Å². The molecule has 0 aliphatic heterocycles. The van der Waals surface area contributed by atoms with Crippen molar-refractivity contribution in [3.05, 3.63) is 69.8 Å². The quantitative estimate of drug-likeness (QED) is 0.395. The second-order valence-corrected chi connectivity index (χ2v) is 7.94. The largest absolute Gasteiger partial charge is 0.497 e. The Labute approximate surface area is 178 Å². The summed E-state index contributed by atoms with van der Waals surface area (Å²) in [5.41, 5.74) is 3.71. The van der Waals surface area contributed by atoms with Gasteiger partial charge in [-0.3, -0.25) is 9.36 Å². The molecule has 0 saturated heterocycles. The molecule has 2 aromatic carbocycles. The summed E-state index contributed by atoms with van der Waals surface area (Å²) in [7, 11) is 1.63. The number of hydrogen-bond acceptors (Lipinski definition) is 5. The summed E-state index contributed by atoms with van der Waals surface area (Å²) in [6.45, 7) is 2.47. The minimum atomic E-state index is -0.0754. The molecule has 4 aromatic rings. The van der Waals surface area contributed by atoms with E-state index in [4.69, 9.17) is 15.0 Å². The first-order valence-corrected chi connectivity index (χ1v) is 10.6. The van der Waals surface area contributed by atoms with E-state index >= 15 is 0 Å². The molecular weight excluding hydrogens is 394 g/mol. The van der Waals surface area contributed by atoms with E-state index in [1.165, 1.54) is 11.3 Å². The highest BCUT2D eigenvalue weighted by molar-refractivity contribution is 7.17. The van der Waals surface area contributed by atoms with E-state index in [1.807, 2.05) is 60.8 Å². The minimum absolute atomic E-state index is 0.0754. The average molecular weight is 416 g/mol. The van der Waals surface area contributed by atoms with Gasteiger partial charge in [-0.05, 0) is 37.1 Å². The van der Waals surface area contributed by atoms with Crippen LogP contribution in [0.2, 0.25) is 0 Å². The molecular formula is C24H21N3O2S. The number of fused-ring (bicyclic) bond motifs is 1. The number of thiophene rings is 1. The molecule has 0 aliphatic rings. The lowest BCUT2D eigenvalue weighted by Crippen LogP contribution is -2.23. The molecule has 6 heteroatoms. The lowest BCUT2D eigenvalue weighted by atomic mass is 10.1. The van der Waals surface area contributed by atoms with E-state index in [-0.39, 0.29) is 5.56 Å². The minimum Gasteiger partial charge on any atom is -0.497 e. The van der Waals surface area contributed by atoms with Gasteiger partial charge in [-0.1, -0.05) is 35.9 Å². The van der Waals surface area contributed by atoms with Crippen LogP contribution in [-0.2, 0) is 6.54 Å². The van der Waals surface area contributed by atoms with Crippen molar-refractivity contribution in [1.82, 2.24) is 9.55 Å². The molecule has 2 heterocycles. The molecule has 2 aromatic heterocycles. The van der Waals surface area contributed by atoms with Crippen LogP contribution >= 0.6 is 11.3 Å². The summed E-state index contributed by atoms with van der Waals surface area (Å²) in [5.74, 6) is 1.39. The Kier molecular flexibility index (Phi) is 5.64. The number of hydrogen-bond donors (Lipinski definition) is 0. The van der Waals surface area contributed by atoms with E-state index in [1.54, 1.807) is 11.7 Å². The zero-order valence-electron chi connectivity index (χ0n) is 16.9. The fourth-order valence-corrected chi connectivity index (χ4v) is 4.49. The van der Waals surface area contributed by atoms with Crippen molar-refractivity contribution in [2.45, 2.75) is 26.3 Å². The number of nitriles is 1. The van der Waals surface area contributed by atoms with Crippen molar-refractivity contribution in [2.24, 2.45) is 0 Å². The van der Waals surface area contributed by atoms with Gasteiger partial charge in [0.2, 0.25) is 0 Å². The third-order valence-electron chi connectivity index (χ3n) is 5.02. The maximum absolute atomic E-state index is 13.6. The van der Waals surface area contributed by atoms with Crippen molar-refractivity contribution in [1.29, 1.82) is 5.26 Å². The molecule has 5 nitrogen and oxygen atoms in total. The molecule has 150 valence electrons. The number of methoxy groups -OCH3 is 1. The van der Waals surface area contributed by atoms with Crippen LogP contribution < -0.4 is 10.3 Å². The molecule has 0 N–H and O–H groups in total. The van der Waals surface area contributed by atoms with Crippen LogP contribution in [-0.4, -0.2) is 16.7 Å². The summed E-state index contributed by atoms with van der Waals surface area (Å²) >= 11 is 1.47. The number of benzene rings is 2. The van der Waals surface area contributed by atoms with Crippen molar-refractivity contribution in [3.8, 4) is 34.3 Å². The molecule has 0 unspecified atom stereocenters. The summed E-state index contributed by atoms with van der Waals surface area (Å²) in [4.78, 5) is 19.2. The summed E-state index contributed by atoms with van der Waals surface area (Å²) in [6.07, 6.45) is 0.991. The van der Waals surface area contributed by atoms with Crippen molar-refractivity contribution in [3.63, 3.8) is 0 Å². The highest BCUT2D eigenvalue weighted by Gasteiger charge is 2.18. The normalized spacial score (nSPS) is 10.8. The molecule has 0 spiro atoms. The third-order valence-corrected chi connectivity index (χ3v) is 5.89. The highest BCUT2D eigenvalue weighted by Crippen LogP contribution is 2.34. The Balaban J connectivity index is 1.94. The number of ether oxygens (including phenoxy) is 1. The molecule has 4 rings (SSSR count). The van der Waals surface area contributed by atoms with Crippen molar-refractivity contribution < 1.29 is 4.74 Å². The van der Waals surface area contributed by atoms with Crippen LogP contribution in [0.15, 0.2) is 58.7 Å². The average Bonchev–Trinajstić information content (AvgIpc) is 3.19. The van der Waals surface area contributed by atoms with E-state index in [0.29, 0.717) is 35.4 Å². The predicted molar refractivity (Wildman–Crippen MR) is 121 cm³/mol. The second-order valence-electron chi connectivity index (χ2n) is 7.08. The SMILES string of the molecule is COc1cccc(-c2csc3nc(-c4cccc(C)c4)n(CCCC#N)c(=O)c23)c1. The lowest BCUT2D eigenvalue weighted by Gasteiger charge is -2.13. The molecule has 30 heavy (non-hydrogen) atoms. The maximum Gasteiger partial charge on any atom is 0.263 e. The maximum atomic E-state index is 13.6. The van der Waals surface area contributed by atoms with Gasteiger partial charge in [0.25, 0.3) is 5.56 Å². The molecule has 0 atom stereocenters. The summed E-state index contributed by atoms with van der Waals surface area (Å²) in [6, 6.07) is 17.8. The van der Waals surface area contributed by atoms with Gasteiger partial charge in [-0.15, -0.1) is 11.3 Å². The van der Waals surface area contributed by atoms with E-state index < -0.39 is 0 Å². The van der Waals surface area contributed by atoms with Crippen LogP contribution in [0.3, 0.4) is 0 Å². The summed E-state index contributed by atoms with van der Waals surface area (Å²) < 4.78 is 7.06. The first-order chi connectivity index (χ1) is 14.6. The number of rotatable bonds is 6. The van der Waals surface area contributed by atoms with Gasteiger partial charge in [0.15, 0.2) is 0 Å². The van der Waals surface area contributed by atoms with Gasteiger partial charge in [0.1, 0.15) is 16.4 Å². The molecule has 0 amide bonds. The fourth-order valence-electron chi connectivity index (χ4n) is 3.56. The van der Waals surface area contributed by atoms with Crippen molar-refractivity contribution >= 4 is 21.6 Å². The monoisotopic (exact) mass is 415 g/mol. The predicted octanol–water partition coefficient (Wildman–Crippen LogP) is 5.41. The zero-order chi connectivity index (χ0) is 21.1. The van der Waals surface area contributed by atoms with Gasteiger partial charge in [-0.2, -0.15) is 5.26 Å². The second kappa shape index (κ2) is 8.52. The van der Waals surface area contributed by atoms with Crippen molar-refractivity contribution in [2.75, 3.05) is 7.11 Å². The van der Waals surface area contributed by atoms with Gasteiger partial charge >= 0.3 is 0 Å². The Bertz CT molecular complexity index is 1310.